The molecule has 136 valence electrons. The fourth-order valence-corrected chi connectivity index (χ4v) is 3.27. The molecule has 5 rings (SSSR count). The number of hydrogen-bond acceptors (Lipinski definition) is 6. The van der Waals surface area contributed by atoms with Gasteiger partial charge < -0.3 is 4.90 Å². The molecule has 0 unspecified atom stereocenters. The first-order valence-electron chi connectivity index (χ1n) is 8.94. The highest BCUT2D eigenvalue weighted by molar-refractivity contribution is 5.92. The molecule has 0 aliphatic rings. The normalized spacial score (nSPS) is 11.2. The molecule has 28 heavy (non-hydrogen) atoms. The zero-order valence-corrected chi connectivity index (χ0v) is 15.2. The van der Waals surface area contributed by atoms with Crippen molar-refractivity contribution in [2.75, 3.05) is 11.9 Å². The molecule has 0 aliphatic heterocycles. The fraction of sp³-hybridized carbons (Fsp3) is 0.0952. The zero-order chi connectivity index (χ0) is 18.9. The topological polar surface area (TPSA) is 83.5 Å². The lowest BCUT2D eigenvalue weighted by atomic mass is 10.1. The number of anilines is 1. The van der Waals surface area contributed by atoms with Gasteiger partial charge in [-0.2, -0.15) is 5.10 Å². The van der Waals surface area contributed by atoms with E-state index in [0.29, 0.717) is 5.65 Å². The number of nitrogens with zero attached hydrogens (tertiary/aromatic N) is 6. The average Bonchev–Trinajstić information content (AvgIpc) is 3.22. The van der Waals surface area contributed by atoms with Crippen LogP contribution < -0.4 is 4.90 Å². The van der Waals surface area contributed by atoms with E-state index in [1.165, 1.54) is 11.9 Å². The third kappa shape index (κ3) is 2.92. The number of aromatic nitrogens is 6. The molecule has 3 aromatic heterocycles. The Labute approximate surface area is 161 Å². The van der Waals surface area contributed by atoms with Gasteiger partial charge in [-0.3, -0.25) is 10.1 Å². The average molecular weight is 367 g/mol. The van der Waals surface area contributed by atoms with Crippen LogP contribution >= 0.6 is 0 Å². The van der Waals surface area contributed by atoms with Crippen molar-refractivity contribution in [3.63, 3.8) is 0 Å². The van der Waals surface area contributed by atoms with Crippen LogP contribution in [0.4, 0.5) is 5.82 Å². The summed E-state index contributed by atoms with van der Waals surface area (Å²) < 4.78 is 0. The van der Waals surface area contributed by atoms with Crippen LogP contribution in [-0.4, -0.2) is 37.2 Å². The van der Waals surface area contributed by atoms with Gasteiger partial charge in [0.2, 0.25) is 0 Å². The fourth-order valence-electron chi connectivity index (χ4n) is 3.27. The van der Waals surface area contributed by atoms with Crippen molar-refractivity contribution >= 4 is 27.9 Å². The Kier molecular flexibility index (Phi) is 3.90. The molecule has 0 spiro atoms. The van der Waals surface area contributed by atoms with Crippen LogP contribution in [0.15, 0.2) is 67.3 Å². The minimum atomic E-state index is 0.717. The molecule has 0 aliphatic carbocycles. The Balaban J connectivity index is 1.49. The maximum absolute atomic E-state index is 4.77. The highest BCUT2D eigenvalue weighted by atomic mass is 15.2. The van der Waals surface area contributed by atoms with Crippen LogP contribution in [0.1, 0.15) is 5.56 Å². The number of fused-ring (bicyclic) bond motifs is 2. The van der Waals surface area contributed by atoms with E-state index in [2.05, 4.69) is 42.2 Å². The monoisotopic (exact) mass is 367 g/mol. The highest BCUT2D eigenvalue weighted by Crippen LogP contribution is 2.27. The molecule has 0 atom stereocenters. The molecule has 0 bridgehead atoms. The lowest BCUT2D eigenvalue weighted by Crippen LogP contribution is -2.17. The Morgan fingerprint density at radius 1 is 0.929 bits per heavy atom. The van der Waals surface area contributed by atoms with Crippen LogP contribution in [0.3, 0.4) is 0 Å². The van der Waals surface area contributed by atoms with Gasteiger partial charge in [-0.15, -0.1) is 0 Å². The van der Waals surface area contributed by atoms with Gasteiger partial charge in [0.15, 0.2) is 5.65 Å². The van der Waals surface area contributed by atoms with E-state index in [4.69, 9.17) is 4.98 Å². The largest absolute Gasteiger partial charge is 0.354 e. The molecular weight excluding hydrogens is 350 g/mol. The molecular formula is C21H17N7. The van der Waals surface area contributed by atoms with Gasteiger partial charge in [0.05, 0.1) is 34.5 Å². The van der Waals surface area contributed by atoms with Crippen molar-refractivity contribution < 1.29 is 0 Å². The molecule has 7 heteroatoms. The number of H-pyrrole nitrogens is 1. The van der Waals surface area contributed by atoms with Crippen molar-refractivity contribution in [3.05, 3.63) is 72.8 Å². The Hall–Kier alpha value is -3.87. The first kappa shape index (κ1) is 16.3. The van der Waals surface area contributed by atoms with Crippen molar-refractivity contribution in [3.8, 4) is 11.3 Å². The lowest BCUT2D eigenvalue weighted by molar-refractivity contribution is 0.897. The van der Waals surface area contributed by atoms with Crippen molar-refractivity contribution in [2.24, 2.45) is 0 Å². The number of aromatic amines is 1. The summed E-state index contributed by atoms with van der Waals surface area (Å²) in [6.07, 6.45) is 5.08. The van der Waals surface area contributed by atoms with Crippen molar-refractivity contribution in [1.82, 2.24) is 30.1 Å². The molecule has 2 aromatic carbocycles. The van der Waals surface area contributed by atoms with Crippen molar-refractivity contribution in [1.29, 1.82) is 0 Å². The summed E-state index contributed by atoms with van der Waals surface area (Å²) in [7, 11) is 2.02. The number of hydrogen-bond donors (Lipinski definition) is 1. The van der Waals surface area contributed by atoms with Crippen LogP contribution in [0, 0.1) is 0 Å². The van der Waals surface area contributed by atoms with Gasteiger partial charge in [0.1, 0.15) is 12.1 Å². The third-order valence-electron chi connectivity index (χ3n) is 4.70. The quantitative estimate of drug-likeness (QED) is 0.522. The number of nitrogens with one attached hydrogen (secondary N) is 1. The minimum Gasteiger partial charge on any atom is -0.354 e. The van der Waals surface area contributed by atoms with E-state index in [0.717, 1.165) is 40.0 Å². The second kappa shape index (κ2) is 6.70. The maximum Gasteiger partial charge on any atom is 0.159 e. The molecule has 0 fully saturated rings. The van der Waals surface area contributed by atoms with E-state index in [1.807, 2.05) is 49.6 Å². The van der Waals surface area contributed by atoms with E-state index in [9.17, 15) is 0 Å². The second-order valence-electron chi connectivity index (χ2n) is 6.63. The maximum atomic E-state index is 4.77. The Morgan fingerprint density at radius 3 is 2.71 bits per heavy atom. The van der Waals surface area contributed by atoms with Gasteiger partial charge in [0.25, 0.3) is 0 Å². The van der Waals surface area contributed by atoms with Crippen LogP contribution in [0.25, 0.3) is 33.3 Å². The molecule has 7 nitrogen and oxygen atoms in total. The molecule has 0 amide bonds. The van der Waals surface area contributed by atoms with E-state index < -0.39 is 0 Å². The summed E-state index contributed by atoms with van der Waals surface area (Å²) in [6, 6.07) is 16.3. The second-order valence-corrected chi connectivity index (χ2v) is 6.63. The van der Waals surface area contributed by atoms with Crippen LogP contribution in [0.2, 0.25) is 0 Å². The number of benzene rings is 2. The first-order valence-corrected chi connectivity index (χ1v) is 8.94. The molecule has 5 aromatic rings. The van der Waals surface area contributed by atoms with Crippen molar-refractivity contribution in [2.45, 2.75) is 6.54 Å². The summed E-state index contributed by atoms with van der Waals surface area (Å²) in [4.78, 5) is 20.1. The predicted molar refractivity (Wildman–Crippen MR) is 109 cm³/mol. The Bertz CT molecular complexity index is 1260. The summed E-state index contributed by atoms with van der Waals surface area (Å²) in [5, 5.41) is 7.81. The van der Waals surface area contributed by atoms with Gasteiger partial charge in [0, 0.05) is 19.2 Å². The first-order chi connectivity index (χ1) is 13.8. The summed E-state index contributed by atoms with van der Waals surface area (Å²) in [5.74, 6) is 0.836. The lowest BCUT2D eigenvalue weighted by Gasteiger charge is -2.18. The number of rotatable bonds is 4. The molecule has 0 saturated heterocycles. The molecule has 1 N–H and O–H groups in total. The molecule has 3 heterocycles. The van der Waals surface area contributed by atoms with Gasteiger partial charge >= 0.3 is 0 Å². The van der Waals surface area contributed by atoms with E-state index >= 15 is 0 Å². The van der Waals surface area contributed by atoms with Crippen LogP contribution in [-0.2, 0) is 6.54 Å². The standard InChI is InChI=1S/C21H17N7/c1-28(12-14-5-3-2-4-6-14)19-11-22-18-9-15(7-8-17(18)26-19)20-16-10-25-27-21(16)24-13-23-20/h2-11,13H,12H2,1H3,(H,23,24,25,27). The van der Waals surface area contributed by atoms with Gasteiger partial charge in [-0.25, -0.2) is 15.0 Å². The predicted octanol–water partition coefficient (Wildman–Crippen LogP) is 3.60. The van der Waals surface area contributed by atoms with Crippen LogP contribution in [0.5, 0.6) is 0 Å². The summed E-state index contributed by atoms with van der Waals surface area (Å²) in [6.45, 7) is 0.776. The minimum absolute atomic E-state index is 0.717. The third-order valence-corrected chi connectivity index (χ3v) is 4.70. The van der Waals surface area contributed by atoms with Gasteiger partial charge in [-0.1, -0.05) is 36.4 Å². The SMILES string of the molecule is CN(Cc1ccccc1)c1cnc2cc(-c3ncnc4[nH]ncc34)ccc2n1. The van der Waals surface area contributed by atoms with E-state index in [1.54, 1.807) is 6.20 Å². The smallest absolute Gasteiger partial charge is 0.159 e. The Morgan fingerprint density at radius 2 is 1.82 bits per heavy atom. The van der Waals surface area contributed by atoms with E-state index in [-0.39, 0.29) is 0 Å². The molecule has 0 saturated carbocycles. The van der Waals surface area contributed by atoms with Gasteiger partial charge in [-0.05, 0) is 17.7 Å². The molecule has 0 radical (unpaired) electrons. The summed E-state index contributed by atoms with van der Waals surface area (Å²) in [5.41, 5.74) is 5.40. The highest BCUT2D eigenvalue weighted by Gasteiger charge is 2.11. The zero-order valence-electron chi connectivity index (χ0n) is 15.2. The summed E-state index contributed by atoms with van der Waals surface area (Å²) >= 11 is 0.